The number of carboxylic acid groups (broad SMARTS) is 1. The topological polar surface area (TPSA) is 40.1 Å². The summed E-state index contributed by atoms with van der Waals surface area (Å²) in [6, 6.07) is 4.89. The molecule has 0 fully saturated rings. The number of carbonyl (C=O) groups is 1. The van der Waals surface area contributed by atoms with Crippen LogP contribution in [0.2, 0.25) is 0 Å². The molecule has 0 aliphatic heterocycles. The normalized spacial score (nSPS) is 9.46. The largest absolute Gasteiger partial charge is 1.00 e. The van der Waals surface area contributed by atoms with Crippen molar-refractivity contribution in [1.29, 1.82) is 0 Å². The minimum Gasteiger partial charge on any atom is -0.545 e. The second-order valence-electron chi connectivity index (χ2n) is 2.18. The Labute approximate surface area is 85.7 Å². The molecule has 0 saturated heterocycles. The van der Waals surface area contributed by atoms with Gasteiger partial charge in [0, 0.05) is 11.1 Å². The second kappa shape index (κ2) is 5.00. The molecule has 0 unspecified atom stereocenters. The van der Waals surface area contributed by atoms with Crippen LogP contribution in [0.4, 0.5) is 8.78 Å². The molecule has 13 heavy (non-hydrogen) atoms. The molecule has 0 aliphatic rings. The zero-order chi connectivity index (χ0) is 9.14. The van der Waals surface area contributed by atoms with Crippen LogP contribution in [0, 0.1) is 0 Å². The van der Waals surface area contributed by atoms with E-state index in [-0.39, 0.29) is 18.9 Å². The second-order valence-corrected chi connectivity index (χ2v) is 2.18. The molecule has 0 spiro atoms. The van der Waals surface area contributed by atoms with Crippen LogP contribution in [0.25, 0.3) is 0 Å². The fourth-order valence-electron chi connectivity index (χ4n) is 0.873. The fourth-order valence-corrected chi connectivity index (χ4v) is 0.873. The number of aromatic carboxylic acids is 1. The number of hydrogen-bond donors (Lipinski definition) is 0. The van der Waals surface area contributed by atoms with Crippen molar-refractivity contribution in [3.8, 4) is 0 Å². The molecule has 1 aromatic rings. The Bertz CT molecular complexity index is 302. The molecule has 2 nitrogen and oxygen atoms in total. The van der Waals surface area contributed by atoms with E-state index < -0.39 is 23.5 Å². The van der Waals surface area contributed by atoms with Gasteiger partial charge in [0.15, 0.2) is 0 Å². The van der Waals surface area contributed by atoms with Gasteiger partial charge in [-0.05, 0) is 0 Å². The van der Waals surface area contributed by atoms with Gasteiger partial charge in [0.25, 0.3) is 6.43 Å². The standard InChI is InChI=1S/C8H6F2O2.Li/c9-7(10)5-3-1-2-4-6(5)8(11)12;/h1-4,7H,(H,11,12);/q;+1/p-1. The van der Waals surface area contributed by atoms with Gasteiger partial charge < -0.3 is 9.90 Å². The quantitative estimate of drug-likeness (QED) is 0.491. The Balaban J connectivity index is 0.00000144. The van der Waals surface area contributed by atoms with Crippen molar-refractivity contribution in [2.24, 2.45) is 0 Å². The van der Waals surface area contributed by atoms with Gasteiger partial charge >= 0.3 is 18.9 Å². The Morgan fingerprint density at radius 1 is 1.31 bits per heavy atom. The smallest absolute Gasteiger partial charge is 0.545 e. The van der Waals surface area contributed by atoms with Crippen LogP contribution < -0.4 is 24.0 Å². The van der Waals surface area contributed by atoms with Gasteiger partial charge in [-0.1, -0.05) is 24.3 Å². The molecule has 0 atom stereocenters. The predicted molar refractivity (Wildman–Crippen MR) is 35.7 cm³/mol. The average molecular weight is 178 g/mol. The number of hydrogen-bond acceptors (Lipinski definition) is 2. The minimum atomic E-state index is -2.78. The summed E-state index contributed by atoms with van der Waals surface area (Å²) in [7, 11) is 0. The number of carbonyl (C=O) groups excluding carboxylic acids is 1. The van der Waals surface area contributed by atoms with E-state index in [2.05, 4.69) is 0 Å². The van der Waals surface area contributed by atoms with Crippen LogP contribution in [0.1, 0.15) is 22.3 Å². The van der Waals surface area contributed by atoms with E-state index in [4.69, 9.17) is 0 Å². The molecular formula is C8H5F2LiO2. The molecule has 0 saturated carbocycles. The van der Waals surface area contributed by atoms with E-state index >= 15 is 0 Å². The molecule has 0 aromatic heterocycles. The van der Waals surface area contributed by atoms with Crippen LogP contribution in [0.15, 0.2) is 24.3 Å². The third-order valence-electron chi connectivity index (χ3n) is 1.42. The molecule has 0 radical (unpaired) electrons. The number of alkyl halides is 2. The summed E-state index contributed by atoms with van der Waals surface area (Å²) in [4.78, 5) is 10.3. The first-order valence-corrected chi connectivity index (χ1v) is 3.21. The molecule has 0 amide bonds. The fraction of sp³-hybridized carbons (Fsp3) is 0.125. The summed E-state index contributed by atoms with van der Waals surface area (Å²) >= 11 is 0. The van der Waals surface area contributed by atoms with Gasteiger partial charge in [-0.15, -0.1) is 0 Å². The summed E-state index contributed by atoms with van der Waals surface area (Å²) in [5.74, 6) is -1.58. The summed E-state index contributed by atoms with van der Waals surface area (Å²) in [6.45, 7) is 0. The van der Waals surface area contributed by atoms with Gasteiger partial charge in [-0.3, -0.25) is 0 Å². The first-order valence-electron chi connectivity index (χ1n) is 3.21. The maximum atomic E-state index is 12.1. The molecule has 0 N–H and O–H groups in total. The zero-order valence-electron chi connectivity index (χ0n) is 6.96. The third kappa shape index (κ3) is 2.83. The van der Waals surface area contributed by atoms with Gasteiger partial charge in [0.2, 0.25) is 0 Å². The summed E-state index contributed by atoms with van der Waals surface area (Å²) < 4.78 is 24.2. The minimum absolute atomic E-state index is 0. The predicted octanol–water partition coefficient (Wildman–Crippen LogP) is -2.01. The van der Waals surface area contributed by atoms with Gasteiger partial charge in [0.05, 0.1) is 5.97 Å². The third-order valence-corrected chi connectivity index (χ3v) is 1.42. The van der Waals surface area contributed by atoms with Crippen molar-refractivity contribution in [3.05, 3.63) is 35.4 Å². The van der Waals surface area contributed by atoms with E-state index in [0.29, 0.717) is 0 Å². The van der Waals surface area contributed by atoms with Crippen LogP contribution in [0.5, 0.6) is 0 Å². The van der Waals surface area contributed by atoms with E-state index in [1.165, 1.54) is 12.1 Å². The van der Waals surface area contributed by atoms with E-state index in [9.17, 15) is 18.7 Å². The van der Waals surface area contributed by atoms with Crippen LogP contribution in [0.3, 0.4) is 0 Å². The molecule has 0 aliphatic carbocycles. The number of carboxylic acids is 1. The number of halogens is 2. The van der Waals surface area contributed by atoms with Crippen LogP contribution in [-0.2, 0) is 0 Å². The summed E-state index contributed by atoms with van der Waals surface area (Å²) in [5, 5.41) is 10.3. The monoisotopic (exact) mass is 178 g/mol. The molecule has 1 aromatic carbocycles. The summed E-state index contributed by atoms with van der Waals surface area (Å²) in [5.41, 5.74) is -0.954. The molecule has 64 valence electrons. The van der Waals surface area contributed by atoms with Crippen molar-refractivity contribution in [2.75, 3.05) is 0 Å². The molecule has 1 rings (SSSR count). The molecule has 5 heteroatoms. The Morgan fingerprint density at radius 2 is 1.85 bits per heavy atom. The average Bonchev–Trinajstić information content (AvgIpc) is 2.04. The Kier molecular flexibility index (Phi) is 4.67. The molecule has 0 bridgehead atoms. The van der Waals surface area contributed by atoms with Crippen molar-refractivity contribution in [2.45, 2.75) is 6.43 Å². The first kappa shape index (κ1) is 12.1. The number of benzene rings is 1. The maximum Gasteiger partial charge on any atom is 1.00 e. The van der Waals surface area contributed by atoms with E-state index in [1.54, 1.807) is 0 Å². The van der Waals surface area contributed by atoms with Crippen molar-refractivity contribution in [3.63, 3.8) is 0 Å². The zero-order valence-corrected chi connectivity index (χ0v) is 6.96. The van der Waals surface area contributed by atoms with Crippen molar-refractivity contribution >= 4 is 5.97 Å². The van der Waals surface area contributed by atoms with Crippen LogP contribution >= 0.6 is 0 Å². The summed E-state index contributed by atoms with van der Waals surface area (Å²) in [6.07, 6.45) is -2.78. The van der Waals surface area contributed by atoms with Crippen molar-refractivity contribution in [1.82, 2.24) is 0 Å². The van der Waals surface area contributed by atoms with Gasteiger partial charge in [-0.25, -0.2) is 8.78 Å². The van der Waals surface area contributed by atoms with Gasteiger partial charge in [0.1, 0.15) is 0 Å². The maximum absolute atomic E-state index is 12.1. The molecular weight excluding hydrogens is 173 g/mol. The SMILES string of the molecule is O=C([O-])c1ccccc1C(F)F.[Li+]. The van der Waals surface area contributed by atoms with E-state index in [1.807, 2.05) is 0 Å². The first-order chi connectivity index (χ1) is 5.63. The Hall–Kier alpha value is -0.853. The van der Waals surface area contributed by atoms with Crippen LogP contribution in [-0.4, -0.2) is 5.97 Å². The Morgan fingerprint density at radius 3 is 2.23 bits per heavy atom. The molecule has 0 heterocycles. The number of rotatable bonds is 2. The van der Waals surface area contributed by atoms with Crippen molar-refractivity contribution < 1.29 is 37.5 Å². The van der Waals surface area contributed by atoms with E-state index in [0.717, 1.165) is 12.1 Å². The van der Waals surface area contributed by atoms with Gasteiger partial charge in [-0.2, -0.15) is 0 Å².